The fraction of sp³-hybridized carbons (Fsp3) is 0.429. The quantitative estimate of drug-likeness (QED) is 0.855. The van der Waals surface area contributed by atoms with Crippen molar-refractivity contribution in [2.45, 2.75) is 62.6 Å². The smallest absolute Gasteiger partial charge is 0.240 e. The highest BCUT2D eigenvalue weighted by molar-refractivity contribution is 7.89. The van der Waals surface area contributed by atoms with Crippen LogP contribution in [0.2, 0.25) is 0 Å². The van der Waals surface area contributed by atoms with E-state index in [4.69, 9.17) is 0 Å². The number of hydrogen-bond donors (Lipinski definition) is 2. The molecule has 26 heavy (non-hydrogen) atoms. The fourth-order valence-electron chi connectivity index (χ4n) is 4.15. The van der Waals surface area contributed by atoms with Crippen LogP contribution in [0, 0.1) is 0 Å². The van der Waals surface area contributed by atoms with E-state index >= 15 is 0 Å². The van der Waals surface area contributed by atoms with Crippen molar-refractivity contribution in [2.75, 3.05) is 0 Å². The summed E-state index contributed by atoms with van der Waals surface area (Å²) in [5.74, 6) is 0. The molecule has 140 valence electrons. The third-order valence-corrected chi connectivity index (χ3v) is 6.32. The van der Waals surface area contributed by atoms with E-state index in [1.54, 1.807) is 12.1 Å². The molecule has 0 bridgehead atoms. The summed E-state index contributed by atoms with van der Waals surface area (Å²) in [7, 11) is -3.54. The lowest BCUT2D eigenvalue weighted by molar-refractivity contribution is 0.157. The van der Waals surface area contributed by atoms with Crippen LogP contribution in [0.25, 0.3) is 11.1 Å². The molecule has 5 heteroatoms. The van der Waals surface area contributed by atoms with Crippen molar-refractivity contribution in [3.8, 4) is 11.1 Å². The molecule has 1 aliphatic heterocycles. The Morgan fingerprint density at radius 3 is 1.88 bits per heavy atom. The maximum atomic E-state index is 12.8. The first-order chi connectivity index (χ1) is 12.1. The topological polar surface area (TPSA) is 58.2 Å². The molecule has 4 nitrogen and oxygen atoms in total. The van der Waals surface area contributed by atoms with Crippen LogP contribution in [0.1, 0.15) is 40.5 Å². The summed E-state index contributed by atoms with van der Waals surface area (Å²) in [6.45, 7) is 8.46. The van der Waals surface area contributed by atoms with Crippen molar-refractivity contribution in [1.82, 2.24) is 10.0 Å². The van der Waals surface area contributed by atoms with Gasteiger partial charge in [-0.1, -0.05) is 42.5 Å². The molecule has 0 amide bonds. The first-order valence-corrected chi connectivity index (χ1v) is 10.5. The van der Waals surface area contributed by atoms with Crippen LogP contribution in [-0.2, 0) is 10.0 Å². The molecule has 2 N–H and O–H groups in total. The van der Waals surface area contributed by atoms with Gasteiger partial charge in [0.1, 0.15) is 0 Å². The Labute approximate surface area is 157 Å². The SMILES string of the molecule is CC1(C)CC(NS(=O)(=O)c2ccc(-c3ccccc3)cc2)CC(C)(C)N1. The number of nitrogens with one attached hydrogen (secondary N) is 2. The van der Waals surface area contributed by atoms with Gasteiger partial charge < -0.3 is 5.32 Å². The average molecular weight is 373 g/mol. The number of piperidine rings is 1. The highest BCUT2D eigenvalue weighted by atomic mass is 32.2. The molecule has 0 saturated carbocycles. The largest absolute Gasteiger partial charge is 0.307 e. The van der Waals surface area contributed by atoms with Gasteiger partial charge in [-0.3, -0.25) is 0 Å². The van der Waals surface area contributed by atoms with E-state index in [0.717, 1.165) is 24.0 Å². The third-order valence-electron chi connectivity index (χ3n) is 4.78. The zero-order chi connectivity index (χ0) is 19.0. The maximum Gasteiger partial charge on any atom is 0.240 e. The lowest BCUT2D eigenvalue weighted by Crippen LogP contribution is -2.62. The highest BCUT2D eigenvalue weighted by Crippen LogP contribution is 2.29. The van der Waals surface area contributed by atoms with Gasteiger partial charge in [-0.15, -0.1) is 0 Å². The van der Waals surface area contributed by atoms with E-state index in [2.05, 4.69) is 37.7 Å². The van der Waals surface area contributed by atoms with Gasteiger partial charge in [0, 0.05) is 17.1 Å². The zero-order valence-corrected chi connectivity index (χ0v) is 16.7. The highest BCUT2D eigenvalue weighted by Gasteiger charge is 2.39. The van der Waals surface area contributed by atoms with Gasteiger partial charge in [0.2, 0.25) is 10.0 Å². The van der Waals surface area contributed by atoms with Crippen LogP contribution in [-0.4, -0.2) is 25.5 Å². The van der Waals surface area contributed by atoms with E-state index in [1.807, 2.05) is 42.5 Å². The van der Waals surface area contributed by atoms with Crippen LogP contribution in [0.4, 0.5) is 0 Å². The van der Waals surface area contributed by atoms with Crippen LogP contribution < -0.4 is 10.0 Å². The Morgan fingerprint density at radius 1 is 0.846 bits per heavy atom. The van der Waals surface area contributed by atoms with E-state index in [9.17, 15) is 8.42 Å². The van der Waals surface area contributed by atoms with E-state index in [-0.39, 0.29) is 17.1 Å². The summed E-state index contributed by atoms with van der Waals surface area (Å²) in [6, 6.07) is 16.9. The molecule has 0 aromatic heterocycles. The summed E-state index contributed by atoms with van der Waals surface area (Å²) < 4.78 is 28.6. The standard InChI is InChI=1S/C21H28N2O2S/c1-20(2)14-18(15-21(3,4)23-20)22-26(24,25)19-12-10-17(11-13-19)16-8-6-5-7-9-16/h5-13,18,22-23H,14-15H2,1-4H3. The Kier molecular flexibility index (Phi) is 4.99. The lowest BCUT2D eigenvalue weighted by Gasteiger charge is -2.46. The minimum atomic E-state index is -3.54. The summed E-state index contributed by atoms with van der Waals surface area (Å²) in [5.41, 5.74) is 1.87. The molecular weight excluding hydrogens is 344 g/mol. The van der Waals surface area contributed by atoms with Crippen molar-refractivity contribution < 1.29 is 8.42 Å². The lowest BCUT2D eigenvalue weighted by atomic mass is 9.80. The minimum absolute atomic E-state index is 0.0833. The Balaban J connectivity index is 1.78. The molecule has 1 saturated heterocycles. The molecular formula is C21H28N2O2S. The number of benzene rings is 2. The normalized spacial score (nSPS) is 20.0. The number of sulfonamides is 1. The molecule has 0 aliphatic carbocycles. The minimum Gasteiger partial charge on any atom is -0.307 e. The molecule has 0 unspecified atom stereocenters. The Bertz CT molecular complexity index is 841. The van der Waals surface area contributed by atoms with Gasteiger partial charge in [-0.05, 0) is 63.8 Å². The van der Waals surface area contributed by atoms with Gasteiger partial charge in [-0.2, -0.15) is 0 Å². The summed E-state index contributed by atoms with van der Waals surface area (Å²) in [4.78, 5) is 0.311. The second kappa shape index (κ2) is 6.80. The predicted octanol–water partition coefficient (Wildman–Crippen LogP) is 3.94. The van der Waals surface area contributed by atoms with Crippen molar-refractivity contribution in [3.05, 3.63) is 54.6 Å². The second-order valence-corrected chi connectivity index (χ2v) is 10.2. The zero-order valence-electron chi connectivity index (χ0n) is 15.9. The summed E-state index contributed by atoms with van der Waals surface area (Å²) >= 11 is 0. The molecule has 1 aliphatic rings. The van der Waals surface area contributed by atoms with Crippen LogP contribution >= 0.6 is 0 Å². The molecule has 0 spiro atoms. The van der Waals surface area contributed by atoms with E-state index in [1.165, 1.54) is 0 Å². The molecule has 1 heterocycles. The number of rotatable bonds is 4. The molecule has 0 atom stereocenters. The summed E-state index contributed by atoms with van der Waals surface area (Å²) in [6.07, 6.45) is 1.52. The van der Waals surface area contributed by atoms with Gasteiger partial charge in [0.15, 0.2) is 0 Å². The Hall–Kier alpha value is -1.69. The molecule has 2 aromatic carbocycles. The predicted molar refractivity (Wildman–Crippen MR) is 107 cm³/mol. The number of hydrogen-bond acceptors (Lipinski definition) is 3. The van der Waals surface area contributed by atoms with Crippen molar-refractivity contribution in [3.63, 3.8) is 0 Å². The average Bonchev–Trinajstić information content (AvgIpc) is 2.52. The monoisotopic (exact) mass is 372 g/mol. The van der Waals surface area contributed by atoms with Crippen LogP contribution in [0.5, 0.6) is 0 Å². The van der Waals surface area contributed by atoms with Crippen LogP contribution in [0.3, 0.4) is 0 Å². The molecule has 0 radical (unpaired) electrons. The van der Waals surface area contributed by atoms with Crippen molar-refractivity contribution in [1.29, 1.82) is 0 Å². The first kappa shape index (κ1) is 19.1. The van der Waals surface area contributed by atoms with Crippen molar-refractivity contribution in [2.24, 2.45) is 0 Å². The van der Waals surface area contributed by atoms with E-state index in [0.29, 0.717) is 4.90 Å². The van der Waals surface area contributed by atoms with Gasteiger partial charge in [0.25, 0.3) is 0 Å². The van der Waals surface area contributed by atoms with Crippen molar-refractivity contribution >= 4 is 10.0 Å². The third kappa shape index (κ3) is 4.53. The Morgan fingerprint density at radius 2 is 1.35 bits per heavy atom. The second-order valence-electron chi connectivity index (χ2n) is 8.51. The van der Waals surface area contributed by atoms with Gasteiger partial charge >= 0.3 is 0 Å². The molecule has 3 rings (SSSR count). The molecule has 1 fully saturated rings. The van der Waals surface area contributed by atoms with E-state index < -0.39 is 10.0 Å². The first-order valence-electron chi connectivity index (χ1n) is 9.04. The van der Waals surface area contributed by atoms with Gasteiger partial charge in [0.05, 0.1) is 4.90 Å². The molecule has 2 aromatic rings. The fourth-order valence-corrected chi connectivity index (χ4v) is 5.39. The van der Waals surface area contributed by atoms with Crippen LogP contribution in [0.15, 0.2) is 59.5 Å². The summed E-state index contributed by atoms with van der Waals surface area (Å²) in [5, 5.41) is 3.58. The maximum absolute atomic E-state index is 12.8. The van der Waals surface area contributed by atoms with Gasteiger partial charge in [-0.25, -0.2) is 13.1 Å².